The molecule has 1 aliphatic carbocycles. The van der Waals surface area contributed by atoms with Crippen LogP contribution in [0.4, 0.5) is 0 Å². The van der Waals surface area contributed by atoms with Gasteiger partial charge in [0.25, 0.3) is 11.8 Å². The second-order valence-electron chi connectivity index (χ2n) is 9.19. The highest BCUT2D eigenvalue weighted by atomic mass is 16.3. The van der Waals surface area contributed by atoms with Crippen LogP contribution in [-0.2, 0) is 13.6 Å². The molecular formula is C20H26N7O4+. The van der Waals surface area contributed by atoms with E-state index in [4.69, 9.17) is 5.73 Å². The first-order chi connectivity index (χ1) is 14.5. The number of aromatic nitrogens is 5. The molecule has 11 nitrogen and oxygen atoms in total. The molecule has 0 aliphatic heterocycles. The molecule has 5 N–H and O–H groups in total. The molecule has 0 aromatic carbocycles. The fourth-order valence-electron chi connectivity index (χ4n) is 3.53. The molecule has 0 saturated heterocycles. The number of carbonyl (C=O) groups excluding carboxylic acids is 2. The average molecular weight is 428 g/mol. The Morgan fingerprint density at radius 2 is 2.06 bits per heavy atom. The molecule has 3 aromatic heterocycles. The molecule has 0 bridgehead atoms. The molecule has 0 spiro atoms. The number of primary amides is 1. The topological polar surface area (TPSA) is 151 Å². The fraction of sp³-hybridized carbons (Fsp3) is 0.450. The summed E-state index contributed by atoms with van der Waals surface area (Å²) in [6, 6.07) is 1.65. The molecule has 4 rings (SSSR count). The number of nitrogens with zero attached hydrogens (tertiary/aromatic N) is 4. The molecule has 1 saturated carbocycles. The van der Waals surface area contributed by atoms with Gasteiger partial charge in [-0.3, -0.25) is 14.3 Å². The van der Waals surface area contributed by atoms with Crippen LogP contribution in [0.3, 0.4) is 0 Å². The molecule has 11 heteroatoms. The van der Waals surface area contributed by atoms with Crippen molar-refractivity contribution in [2.24, 2.45) is 18.2 Å². The summed E-state index contributed by atoms with van der Waals surface area (Å²) in [5.74, 6) is -1.72. The molecule has 164 valence electrons. The Labute approximate surface area is 177 Å². The van der Waals surface area contributed by atoms with E-state index in [2.05, 4.69) is 15.5 Å². The Morgan fingerprint density at radius 3 is 2.65 bits per heavy atom. The molecule has 2 amide bonds. The lowest BCUT2D eigenvalue weighted by atomic mass is 9.96. The first-order valence-electron chi connectivity index (χ1n) is 10.0. The van der Waals surface area contributed by atoms with Crippen LogP contribution in [0.15, 0.2) is 17.1 Å². The van der Waals surface area contributed by atoms with Crippen LogP contribution >= 0.6 is 0 Å². The summed E-state index contributed by atoms with van der Waals surface area (Å²) in [5.41, 5.74) is 5.35. The van der Waals surface area contributed by atoms with Gasteiger partial charge in [0, 0.05) is 19.3 Å². The minimum atomic E-state index is -0.712. The third-order valence-electron chi connectivity index (χ3n) is 5.03. The zero-order chi connectivity index (χ0) is 22.7. The van der Waals surface area contributed by atoms with E-state index >= 15 is 0 Å². The van der Waals surface area contributed by atoms with Crippen molar-refractivity contribution >= 4 is 17.5 Å². The maximum absolute atomic E-state index is 13.2. The normalized spacial score (nSPS) is 14.2. The monoisotopic (exact) mass is 428 g/mol. The van der Waals surface area contributed by atoms with Gasteiger partial charge in [-0.2, -0.15) is 9.67 Å². The fourth-order valence-corrected chi connectivity index (χ4v) is 3.53. The summed E-state index contributed by atoms with van der Waals surface area (Å²) in [5, 5.41) is 20.7. The quantitative estimate of drug-likeness (QED) is 0.424. The lowest BCUT2D eigenvalue weighted by Crippen LogP contribution is -2.47. The van der Waals surface area contributed by atoms with Crippen molar-refractivity contribution in [3.63, 3.8) is 0 Å². The second-order valence-corrected chi connectivity index (χ2v) is 9.19. The molecule has 31 heavy (non-hydrogen) atoms. The van der Waals surface area contributed by atoms with Crippen LogP contribution in [-0.4, -0.2) is 42.4 Å². The smallest absolute Gasteiger partial charge is 0.378 e. The van der Waals surface area contributed by atoms with E-state index < -0.39 is 23.3 Å². The van der Waals surface area contributed by atoms with Gasteiger partial charge < -0.3 is 16.2 Å². The van der Waals surface area contributed by atoms with E-state index in [-0.39, 0.29) is 22.7 Å². The molecule has 3 aromatic rings. The molecule has 0 radical (unpaired) electrons. The Balaban J connectivity index is 1.97. The van der Waals surface area contributed by atoms with Gasteiger partial charge >= 0.3 is 17.1 Å². The predicted molar refractivity (Wildman–Crippen MR) is 111 cm³/mol. The summed E-state index contributed by atoms with van der Waals surface area (Å²) in [6.07, 6.45) is 3.30. The van der Waals surface area contributed by atoms with Crippen molar-refractivity contribution < 1.29 is 19.3 Å². The highest BCUT2D eigenvalue weighted by Gasteiger charge is 2.35. The number of aromatic amines is 1. The van der Waals surface area contributed by atoms with Gasteiger partial charge in [0.2, 0.25) is 5.56 Å². The van der Waals surface area contributed by atoms with E-state index in [1.165, 1.54) is 13.8 Å². The van der Waals surface area contributed by atoms with Crippen molar-refractivity contribution in [1.29, 1.82) is 0 Å². The number of hydrogen-bond acceptors (Lipinski definition) is 5. The lowest BCUT2D eigenvalue weighted by Gasteiger charge is -2.17. The summed E-state index contributed by atoms with van der Waals surface area (Å²) in [7, 11) is 1.65. The number of hydrogen-bond donors (Lipinski definition) is 4. The Kier molecular flexibility index (Phi) is 4.64. The zero-order valence-corrected chi connectivity index (χ0v) is 17.9. The number of carbonyl (C=O) groups is 2. The largest absolute Gasteiger partial charge is 0.477 e. The predicted octanol–water partition coefficient (Wildman–Crippen LogP) is 0.0584. The summed E-state index contributed by atoms with van der Waals surface area (Å²) in [4.78, 5) is 37.7. The number of aryl methyl sites for hydroxylation is 1. The molecule has 1 fully saturated rings. The minimum Gasteiger partial charge on any atom is -0.477 e. The molecule has 3 heterocycles. The van der Waals surface area contributed by atoms with Gasteiger partial charge in [0.15, 0.2) is 5.69 Å². The van der Waals surface area contributed by atoms with E-state index in [1.807, 2.05) is 20.8 Å². The van der Waals surface area contributed by atoms with Crippen molar-refractivity contribution in [2.45, 2.75) is 46.2 Å². The summed E-state index contributed by atoms with van der Waals surface area (Å²) >= 11 is 0. The third kappa shape index (κ3) is 3.78. The Hall–Kier alpha value is -3.63. The second kappa shape index (κ2) is 6.96. The number of rotatable bonds is 5. The Morgan fingerprint density at radius 1 is 1.39 bits per heavy atom. The van der Waals surface area contributed by atoms with E-state index in [1.54, 1.807) is 19.3 Å². The summed E-state index contributed by atoms with van der Waals surface area (Å²) < 4.78 is 4.16. The average Bonchev–Trinajstić information content (AvgIpc) is 3.20. The maximum atomic E-state index is 13.2. The van der Waals surface area contributed by atoms with Crippen molar-refractivity contribution in [3.05, 3.63) is 33.9 Å². The van der Waals surface area contributed by atoms with Crippen LogP contribution in [0.1, 0.15) is 54.5 Å². The Bertz CT molecular complexity index is 1270. The number of H-pyrrole nitrogens is 1. The number of aromatic hydroxyl groups is 1. The molecular weight excluding hydrogens is 402 g/mol. The highest BCUT2D eigenvalue weighted by Crippen LogP contribution is 2.25. The third-order valence-corrected chi connectivity index (χ3v) is 5.03. The standard InChI is InChI=1S/C20H25N7O4/c1-20(2,3)9-26-13-7-12(11-8-25(4)24-15(11)16(21)28)23-27(13)19(31)14(18(26)30)17(29)22-10-5-6-10/h7-8,10H,5-6,9H2,1-4H3,(H4,21,22,28,29,30,31)/p+1. The van der Waals surface area contributed by atoms with E-state index in [9.17, 15) is 19.5 Å². The minimum absolute atomic E-state index is 0.0239. The number of nitrogens with two attached hydrogens (primary N) is 1. The SMILES string of the molecule is Cn1cc(-c2cc3n([nH]2)c(=O)c(C(=O)NC2CC2)c(O)[n+]3CC(C)(C)C)c(C(N)=O)n1. The van der Waals surface area contributed by atoms with E-state index in [0.717, 1.165) is 12.8 Å². The van der Waals surface area contributed by atoms with Crippen LogP contribution in [0, 0.1) is 5.41 Å². The first-order valence-corrected chi connectivity index (χ1v) is 10.0. The van der Waals surface area contributed by atoms with Gasteiger partial charge in [0.1, 0.15) is 0 Å². The molecule has 0 unspecified atom stereocenters. The number of fused-ring (bicyclic) bond motifs is 1. The molecule has 0 atom stereocenters. The van der Waals surface area contributed by atoms with Gasteiger partial charge in [-0.15, -0.1) is 0 Å². The van der Waals surface area contributed by atoms with Crippen molar-refractivity contribution in [3.8, 4) is 17.1 Å². The maximum Gasteiger partial charge on any atom is 0.378 e. The number of amides is 2. The van der Waals surface area contributed by atoms with Gasteiger partial charge in [-0.25, -0.2) is 9.89 Å². The van der Waals surface area contributed by atoms with Crippen LogP contribution in [0.25, 0.3) is 16.9 Å². The van der Waals surface area contributed by atoms with Crippen molar-refractivity contribution in [1.82, 2.24) is 24.7 Å². The lowest BCUT2D eigenvalue weighted by molar-refractivity contribution is -0.692. The van der Waals surface area contributed by atoms with E-state index in [0.29, 0.717) is 23.4 Å². The van der Waals surface area contributed by atoms with Crippen LogP contribution in [0.5, 0.6) is 5.88 Å². The zero-order valence-electron chi connectivity index (χ0n) is 17.9. The van der Waals surface area contributed by atoms with Crippen LogP contribution < -0.4 is 21.2 Å². The first kappa shape index (κ1) is 20.6. The number of nitrogens with one attached hydrogen (secondary N) is 2. The van der Waals surface area contributed by atoms with Crippen molar-refractivity contribution in [2.75, 3.05) is 0 Å². The summed E-state index contributed by atoms with van der Waals surface area (Å²) in [6.45, 7) is 6.26. The van der Waals surface area contributed by atoms with Gasteiger partial charge in [0.05, 0.1) is 23.9 Å². The molecule has 1 aliphatic rings. The van der Waals surface area contributed by atoms with Crippen LogP contribution in [0.2, 0.25) is 0 Å². The van der Waals surface area contributed by atoms with Gasteiger partial charge in [-0.1, -0.05) is 25.3 Å². The highest BCUT2D eigenvalue weighted by molar-refractivity contribution is 5.98. The van der Waals surface area contributed by atoms with Gasteiger partial charge in [-0.05, 0) is 18.3 Å².